The van der Waals surface area contributed by atoms with E-state index in [0.29, 0.717) is 12.6 Å². The van der Waals surface area contributed by atoms with E-state index in [1.807, 2.05) is 32.0 Å². The minimum absolute atomic E-state index is 0.0944. The van der Waals surface area contributed by atoms with Crippen LogP contribution in [0.5, 0.6) is 0 Å². The molecule has 0 aliphatic rings. The molecule has 0 spiro atoms. The van der Waals surface area contributed by atoms with Gasteiger partial charge in [0, 0.05) is 16.1 Å². The van der Waals surface area contributed by atoms with Crippen molar-refractivity contribution in [1.82, 2.24) is 5.32 Å². The molecule has 0 amide bonds. The summed E-state index contributed by atoms with van der Waals surface area (Å²) >= 11 is 3.43. The Morgan fingerprint density at radius 1 is 1.05 bits per heavy atom. The molecular weight excluding hydrogens is 343 g/mol. The highest BCUT2D eigenvalue weighted by Crippen LogP contribution is 2.31. The lowest BCUT2D eigenvalue weighted by atomic mass is 9.94. The Balaban J connectivity index is 2.59. The van der Waals surface area contributed by atoms with Gasteiger partial charge in [-0.1, -0.05) is 35.0 Å². The first kappa shape index (κ1) is 16.0. The molecule has 0 radical (unpaired) electrons. The molecule has 0 saturated heterocycles. The van der Waals surface area contributed by atoms with Gasteiger partial charge in [-0.3, -0.25) is 0 Å². The predicted octanol–water partition coefficient (Wildman–Crippen LogP) is 4.87. The first-order valence-corrected chi connectivity index (χ1v) is 7.37. The van der Waals surface area contributed by atoms with Crippen LogP contribution in [0.4, 0.5) is 13.2 Å². The van der Waals surface area contributed by atoms with Gasteiger partial charge in [-0.25, -0.2) is 13.2 Å². The largest absolute Gasteiger partial charge is 0.306 e. The maximum absolute atomic E-state index is 14.1. The van der Waals surface area contributed by atoms with Crippen LogP contribution in [0.15, 0.2) is 34.8 Å². The van der Waals surface area contributed by atoms with Crippen molar-refractivity contribution in [2.75, 3.05) is 6.54 Å². The average Bonchev–Trinajstić information content (AvgIpc) is 2.44. The predicted molar refractivity (Wildman–Crippen MR) is 80.7 cm³/mol. The summed E-state index contributed by atoms with van der Waals surface area (Å²) in [4.78, 5) is 0. The molecule has 1 nitrogen and oxygen atoms in total. The summed E-state index contributed by atoms with van der Waals surface area (Å²) in [6.07, 6.45) is 0. The van der Waals surface area contributed by atoms with Crippen LogP contribution < -0.4 is 5.32 Å². The van der Waals surface area contributed by atoms with E-state index in [2.05, 4.69) is 21.2 Å². The van der Waals surface area contributed by atoms with Crippen molar-refractivity contribution >= 4 is 15.9 Å². The molecule has 0 fully saturated rings. The summed E-state index contributed by atoms with van der Waals surface area (Å²) in [5.74, 6) is -3.00. The quantitative estimate of drug-likeness (QED) is 0.769. The Hall–Kier alpha value is -1.33. The van der Waals surface area contributed by atoms with Crippen LogP contribution in [-0.4, -0.2) is 6.54 Å². The van der Waals surface area contributed by atoms with Gasteiger partial charge in [0.1, 0.15) is 5.82 Å². The molecule has 0 aliphatic carbocycles. The maximum Gasteiger partial charge on any atom is 0.161 e. The summed E-state index contributed by atoms with van der Waals surface area (Å²) in [5.41, 5.74) is 1.83. The zero-order chi connectivity index (χ0) is 15.6. The first-order chi connectivity index (χ1) is 9.95. The fourth-order valence-corrected chi connectivity index (χ4v) is 2.67. The monoisotopic (exact) mass is 357 g/mol. The maximum atomic E-state index is 14.1. The standard InChI is InChI=1S/C16H15BrF3N/c1-3-21-16(10-5-4-6-12(17)9(10)2)11-7-14(19)15(20)8-13(11)18/h4-8,16,21H,3H2,1-2H3. The summed E-state index contributed by atoms with van der Waals surface area (Å²) < 4.78 is 41.5. The third kappa shape index (κ3) is 3.30. The van der Waals surface area contributed by atoms with Crippen LogP contribution in [0.3, 0.4) is 0 Å². The van der Waals surface area contributed by atoms with Crippen molar-refractivity contribution in [2.45, 2.75) is 19.9 Å². The van der Waals surface area contributed by atoms with E-state index in [4.69, 9.17) is 0 Å². The molecule has 1 N–H and O–H groups in total. The van der Waals surface area contributed by atoms with Gasteiger partial charge in [-0.2, -0.15) is 0 Å². The van der Waals surface area contributed by atoms with E-state index >= 15 is 0 Å². The van der Waals surface area contributed by atoms with Gasteiger partial charge in [-0.05, 0) is 36.7 Å². The van der Waals surface area contributed by atoms with E-state index in [1.165, 1.54) is 0 Å². The topological polar surface area (TPSA) is 12.0 Å². The van der Waals surface area contributed by atoms with Crippen LogP contribution in [-0.2, 0) is 0 Å². The molecule has 5 heteroatoms. The SMILES string of the molecule is CCNC(c1cc(F)c(F)cc1F)c1cccc(Br)c1C. The minimum Gasteiger partial charge on any atom is -0.306 e. The lowest BCUT2D eigenvalue weighted by molar-refractivity contribution is 0.481. The van der Waals surface area contributed by atoms with E-state index < -0.39 is 23.5 Å². The summed E-state index contributed by atoms with van der Waals surface area (Å²) in [7, 11) is 0. The van der Waals surface area contributed by atoms with Crippen LogP contribution in [0, 0.1) is 24.4 Å². The molecule has 0 saturated carbocycles. The first-order valence-electron chi connectivity index (χ1n) is 6.58. The molecule has 112 valence electrons. The molecule has 1 atom stereocenters. The molecule has 1 unspecified atom stereocenters. The third-order valence-electron chi connectivity index (χ3n) is 3.38. The highest BCUT2D eigenvalue weighted by molar-refractivity contribution is 9.10. The number of hydrogen-bond donors (Lipinski definition) is 1. The highest BCUT2D eigenvalue weighted by atomic mass is 79.9. The second kappa shape index (κ2) is 6.62. The molecule has 0 bridgehead atoms. The highest BCUT2D eigenvalue weighted by Gasteiger charge is 2.21. The molecule has 2 rings (SSSR count). The summed E-state index contributed by atoms with van der Waals surface area (Å²) in [6.45, 7) is 4.33. The fourth-order valence-electron chi connectivity index (χ4n) is 2.29. The van der Waals surface area contributed by atoms with Gasteiger partial charge in [0.2, 0.25) is 0 Å². The number of nitrogens with one attached hydrogen (secondary N) is 1. The van der Waals surface area contributed by atoms with Crippen molar-refractivity contribution in [3.8, 4) is 0 Å². The molecule has 0 aromatic heterocycles. The average molecular weight is 358 g/mol. The molecular formula is C16H15BrF3N. The van der Waals surface area contributed by atoms with Crippen molar-refractivity contribution in [3.63, 3.8) is 0 Å². The number of hydrogen-bond acceptors (Lipinski definition) is 1. The minimum atomic E-state index is -1.18. The Morgan fingerprint density at radius 3 is 2.38 bits per heavy atom. The summed E-state index contributed by atoms with van der Waals surface area (Å²) in [6, 6.07) is 6.51. The van der Waals surface area contributed by atoms with Crippen molar-refractivity contribution in [2.24, 2.45) is 0 Å². The Bertz CT molecular complexity index is 658. The number of halogens is 4. The molecule has 2 aromatic rings. The Morgan fingerprint density at radius 2 is 1.71 bits per heavy atom. The van der Waals surface area contributed by atoms with Gasteiger partial charge in [0.05, 0.1) is 6.04 Å². The lowest BCUT2D eigenvalue weighted by Gasteiger charge is -2.22. The normalized spacial score (nSPS) is 12.5. The Labute approximate surface area is 130 Å². The van der Waals surface area contributed by atoms with Gasteiger partial charge in [-0.15, -0.1) is 0 Å². The molecule has 21 heavy (non-hydrogen) atoms. The lowest BCUT2D eigenvalue weighted by Crippen LogP contribution is -2.24. The fraction of sp³-hybridized carbons (Fsp3) is 0.250. The van der Waals surface area contributed by atoms with E-state index in [9.17, 15) is 13.2 Å². The van der Waals surface area contributed by atoms with E-state index in [-0.39, 0.29) is 5.56 Å². The van der Waals surface area contributed by atoms with Crippen LogP contribution >= 0.6 is 15.9 Å². The van der Waals surface area contributed by atoms with Crippen molar-refractivity contribution in [1.29, 1.82) is 0 Å². The van der Waals surface area contributed by atoms with Gasteiger partial charge < -0.3 is 5.32 Å². The van der Waals surface area contributed by atoms with E-state index in [1.54, 1.807) is 0 Å². The van der Waals surface area contributed by atoms with Crippen molar-refractivity contribution in [3.05, 3.63) is 68.9 Å². The third-order valence-corrected chi connectivity index (χ3v) is 4.24. The summed E-state index contributed by atoms with van der Waals surface area (Å²) in [5, 5.41) is 3.12. The van der Waals surface area contributed by atoms with Crippen LogP contribution in [0.1, 0.15) is 29.7 Å². The molecule has 0 aliphatic heterocycles. The number of benzene rings is 2. The zero-order valence-electron chi connectivity index (χ0n) is 11.7. The van der Waals surface area contributed by atoms with Gasteiger partial charge >= 0.3 is 0 Å². The van der Waals surface area contributed by atoms with Gasteiger partial charge in [0.25, 0.3) is 0 Å². The van der Waals surface area contributed by atoms with E-state index in [0.717, 1.165) is 21.7 Å². The second-order valence-corrected chi connectivity index (χ2v) is 5.59. The molecule has 2 aromatic carbocycles. The zero-order valence-corrected chi connectivity index (χ0v) is 13.3. The second-order valence-electron chi connectivity index (χ2n) is 4.73. The molecule has 0 heterocycles. The number of rotatable bonds is 4. The van der Waals surface area contributed by atoms with Crippen LogP contribution in [0.25, 0.3) is 0 Å². The van der Waals surface area contributed by atoms with Crippen LogP contribution in [0.2, 0.25) is 0 Å². The van der Waals surface area contributed by atoms with Gasteiger partial charge in [0.15, 0.2) is 11.6 Å². The van der Waals surface area contributed by atoms with Crippen molar-refractivity contribution < 1.29 is 13.2 Å². The smallest absolute Gasteiger partial charge is 0.161 e. The Kier molecular flexibility index (Phi) is 5.06.